The van der Waals surface area contributed by atoms with E-state index in [1.807, 2.05) is 24.3 Å². The van der Waals surface area contributed by atoms with Crippen LogP contribution in [-0.4, -0.2) is 24.4 Å². The normalized spacial score (nSPS) is 11.8. The van der Waals surface area contributed by atoms with Crippen LogP contribution in [0.15, 0.2) is 68.6 Å². The highest BCUT2D eigenvalue weighted by molar-refractivity contribution is 6.04. The number of aryl methyl sites for hydroxylation is 2. The summed E-state index contributed by atoms with van der Waals surface area (Å²) in [6.07, 6.45) is 0. The molecule has 156 valence electrons. The molecule has 6 rings (SSSR count). The van der Waals surface area contributed by atoms with Gasteiger partial charge >= 0.3 is 0 Å². The molecule has 0 atom stereocenters. The lowest BCUT2D eigenvalue weighted by molar-refractivity contribution is 0.481. The van der Waals surface area contributed by atoms with Crippen molar-refractivity contribution in [1.29, 1.82) is 0 Å². The molecule has 32 heavy (non-hydrogen) atoms. The molecule has 1 N–H and O–H groups in total. The van der Waals surface area contributed by atoms with Crippen molar-refractivity contribution in [3.05, 3.63) is 75.3 Å². The maximum Gasteiger partial charge on any atom is 0.264 e. The summed E-state index contributed by atoms with van der Waals surface area (Å²) >= 11 is 0. The molecule has 2 aliphatic heterocycles. The summed E-state index contributed by atoms with van der Waals surface area (Å²) in [6.45, 7) is 0. The van der Waals surface area contributed by atoms with Crippen LogP contribution in [0.3, 0.4) is 0 Å². The monoisotopic (exact) mass is 424 g/mol. The van der Waals surface area contributed by atoms with E-state index in [-0.39, 0.29) is 28.5 Å². The molecule has 8 nitrogen and oxygen atoms in total. The van der Waals surface area contributed by atoms with E-state index < -0.39 is 5.56 Å². The van der Waals surface area contributed by atoms with Crippen LogP contribution in [0, 0.1) is 0 Å². The van der Waals surface area contributed by atoms with Crippen LogP contribution in [-0.2, 0) is 14.1 Å². The van der Waals surface area contributed by atoms with Gasteiger partial charge in [0, 0.05) is 24.9 Å². The molecule has 4 aromatic rings. The van der Waals surface area contributed by atoms with Crippen molar-refractivity contribution in [2.45, 2.75) is 0 Å². The van der Waals surface area contributed by atoms with Gasteiger partial charge in [-0.2, -0.15) is 0 Å². The van der Waals surface area contributed by atoms with Gasteiger partial charge in [-0.15, -0.1) is 10.2 Å². The fraction of sp³-hybridized carbons (Fsp3) is 0.0833. The van der Waals surface area contributed by atoms with Gasteiger partial charge in [-0.25, -0.2) is 0 Å². The van der Waals surface area contributed by atoms with Crippen molar-refractivity contribution >= 4 is 32.8 Å². The molecule has 0 saturated carbocycles. The lowest BCUT2D eigenvalue weighted by atomic mass is 10.0. The van der Waals surface area contributed by atoms with E-state index in [0.717, 1.165) is 10.9 Å². The Bertz CT molecular complexity index is 1810. The van der Waals surface area contributed by atoms with Gasteiger partial charge in [-0.05, 0) is 30.3 Å². The summed E-state index contributed by atoms with van der Waals surface area (Å²) in [5.41, 5.74) is 1.63. The number of rotatable bonds is 1. The van der Waals surface area contributed by atoms with E-state index in [1.165, 1.54) is 4.57 Å². The lowest BCUT2D eigenvalue weighted by Crippen LogP contribution is -2.19. The number of hydrogen-bond acceptors (Lipinski definition) is 6. The van der Waals surface area contributed by atoms with Crippen LogP contribution in [0.25, 0.3) is 55.5 Å². The van der Waals surface area contributed by atoms with Crippen molar-refractivity contribution < 1.29 is 9.52 Å². The number of benzene rings is 2. The zero-order chi connectivity index (χ0) is 22.1. The Labute approximate surface area is 179 Å². The Balaban J connectivity index is 1.75. The van der Waals surface area contributed by atoms with Crippen LogP contribution in [0.1, 0.15) is 0 Å². The van der Waals surface area contributed by atoms with E-state index in [2.05, 4.69) is 10.2 Å². The van der Waals surface area contributed by atoms with E-state index in [1.54, 1.807) is 49.0 Å². The molecule has 8 heteroatoms. The molecular weight excluding hydrogens is 408 g/mol. The van der Waals surface area contributed by atoms with Crippen molar-refractivity contribution in [3.8, 4) is 28.5 Å². The van der Waals surface area contributed by atoms with Gasteiger partial charge in [0.2, 0.25) is 5.89 Å². The van der Waals surface area contributed by atoms with Crippen molar-refractivity contribution in [2.75, 3.05) is 0 Å². The Morgan fingerprint density at radius 3 is 2.19 bits per heavy atom. The van der Waals surface area contributed by atoms with Gasteiger partial charge in [0.05, 0.1) is 22.0 Å². The molecule has 0 spiro atoms. The number of fused-ring (bicyclic) bond motifs is 5. The largest absolute Gasteiger partial charge is 0.506 e. The van der Waals surface area contributed by atoms with Crippen LogP contribution in [0.2, 0.25) is 0 Å². The minimum absolute atomic E-state index is 0.0147. The van der Waals surface area contributed by atoms with E-state index in [9.17, 15) is 14.7 Å². The van der Waals surface area contributed by atoms with Crippen LogP contribution < -0.4 is 11.1 Å². The molecule has 0 unspecified atom stereocenters. The first-order valence-electron chi connectivity index (χ1n) is 9.96. The van der Waals surface area contributed by atoms with Crippen molar-refractivity contribution in [1.82, 2.24) is 19.3 Å². The highest BCUT2D eigenvalue weighted by Crippen LogP contribution is 2.39. The molecule has 4 heterocycles. The van der Waals surface area contributed by atoms with Crippen molar-refractivity contribution in [3.63, 3.8) is 0 Å². The van der Waals surface area contributed by atoms with E-state index in [4.69, 9.17) is 4.42 Å². The van der Waals surface area contributed by atoms with E-state index in [0.29, 0.717) is 27.4 Å². The van der Waals surface area contributed by atoms with Gasteiger partial charge in [0.15, 0.2) is 5.58 Å². The second kappa shape index (κ2) is 6.27. The highest BCUT2D eigenvalue weighted by Gasteiger charge is 2.26. The molecule has 0 radical (unpaired) electrons. The minimum atomic E-state index is -0.422. The van der Waals surface area contributed by atoms with Gasteiger partial charge in [-0.3, -0.25) is 9.59 Å². The van der Waals surface area contributed by atoms with Crippen LogP contribution >= 0.6 is 0 Å². The third-order valence-corrected chi connectivity index (χ3v) is 6.02. The summed E-state index contributed by atoms with van der Waals surface area (Å²) in [5.74, 6) is -0.00229. The zero-order valence-corrected chi connectivity index (χ0v) is 17.2. The second-order valence-corrected chi connectivity index (χ2v) is 7.74. The summed E-state index contributed by atoms with van der Waals surface area (Å²) in [6, 6.07) is 16.1. The minimum Gasteiger partial charge on any atom is -0.506 e. The van der Waals surface area contributed by atoms with Crippen LogP contribution in [0.5, 0.6) is 5.75 Å². The first-order chi connectivity index (χ1) is 15.5. The Morgan fingerprint density at radius 2 is 1.44 bits per heavy atom. The average Bonchev–Trinajstić information content (AvgIpc) is 3.23. The Hall–Kier alpha value is -4.46. The maximum absolute atomic E-state index is 13.1. The molecule has 0 fully saturated rings. The molecule has 0 aliphatic carbocycles. The quantitative estimate of drug-likeness (QED) is 0.406. The fourth-order valence-corrected chi connectivity index (χ4v) is 4.36. The topological polar surface area (TPSA) is 103 Å². The Kier molecular flexibility index (Phi) is 3.59. The summed E-state index contributed by atoms with van der Waals surface area (Å²) in [7, 11) is 3.33. The summed E-state index contributed by atoms with van der Waals surface area (Å²) in [4.78, 5) is 26.2. The SMILES string of the molecule is Cn1c(=O)c(-c2nnc3oc4c(cc2-3)c(=O)n(C)c2ccccc42)c(O)c2ccccc21. The number of aromatic hydroxyl groups is 1. The summed E-state index contributed by atoms with van der Waals surface area (Å²) < 4.78 is 9.02. The maximum atomic E-state index is 13.1. The molecule has 2 aromatic heterocycles. The standard InChI is InChI=1S/C24H16N4O4/c1-27-17-10-6-4-8-13(17)21-15(23(27)30)11-14-19(25-26-22(14)32-21)18-20(29)12-7-3-5-9-16(12)28(2)24(18)31/h3-11,29H,1-2H3. The zero-order valence-electron chi connectivity index (χ0n) is 17.2. The average molecular weight is 424 g/mol. The number of para-hydroxylation sites is 2. The molecular formula is C24H16N4O4. The number of nitrogens with zero attached hydrogens (tertiary/aromatic N) is 4. The first-order valence-corrected chi connectivity index (χ1v) is 9.96. The third-order valence-electron chi connectivity index (χ3n) is 6.02. The number of pyridine rings is 2. The predicted molar refractivity (Wildman–Crippen MR) is 121 cm³/mol. The third kappa shape index (κ3) is 2.26. The van der Waals surface area contributed by atoms with Crippen molar-refractivity contribution in [2.24, 2.45) is 14.1 Å². The highest BCUT2D eigenvalue weighted by atomic mass is 16.3. The van der Waals surface area contributed by atoms with Gasteiger partial charge in [0.25, 0.3) is 11.1 Å². The van der Waals surface area contributed by atoms with Gasteiger partial charge in [-0.1, -0.05) is 24.3 Å². The smallest absolute Gasteiger partial charge is 0.264 e. The van der Waals surface area contributed by atoms with E-state index >= 15 is 0 Å². The molecule has 0 bridgehead atoms. The predicted octanol–water partition coefficient (Wildman–Crippen LogP) is 3.40. The molecule has 0 amide bonds. The molecule has 2 aromatic carbocycles. The summed E-state index contributed by atoms with van der Waals surface area (Å²) in [5, 5.41) is 20.9. The first kappa shape index (κ1) is 18.3. The number of aromatic nitrogens is 4. The second-order valence-electron chi connectivity index (χ2n) is 7.74. The van der Waals surface area contributed by atoms with Gasteiger partial charge in [0.1, 0.15) is 17.0 Å². The fourth-order valence-electron chi connectivity index (χ4n) is 4.36. The van der Waals surface area contributed by atoms with Gasteiger partial charge < -0.3 is 18.7 Å². The lowest BCUT2D eigenvalue weighted by Gasteiger charge is -2.12. The van der Waals surface area contributed by atoms with Crippen LogP contribution in [0.4, 0.5) is 0 Å². The molecule has 2 aliphatic rings. The number of hydrogen-bond donors (Lipinski definition) is 1. The Morgan fingerprint density at radius 1 is 0.812 bits per heavy atom. The molecule has 0 saturated heterocycles.